The normalized spacial score (nSPS) is 27.5. The van der Waals surface area contributed by atoms with E-state index in [1.807, 2.05) is 9.80 Å². The van der Waals surface area contributed by atoms with Gasteiger partial charge in [0.2, 0.25) is 18.0 Å². The van der Waals surface area contributed by atoms with Crippen molar-refractivity contribution in [2.45, 2.75) is 19.5 Å². The number of guanidine groups is 1. The smallest absolute Gasteiger partial charge is 0.289 e. The van der Waals surface area contributed by atoms with Crippen molar-refractivity contribution in [2.24, 2.45) is 21.8 Å². The number of rotatable bonds is 2. The lowest BCUT2D eigenvalue weighted by molar-refractivity contribution is -0.129. The van der Waals surface area contributed by atoms with Crippen molar-refractivity contribution in [3.63, 3.8) is 0 Å². The van der Waals surface area contributed by atoms with Crippen molar-refractivity contribution >= 4 is 23.5 Å². The summed E-state index contributed by atoms with van der Waals surface area (Å²) in [6, 6.07) is 5.97. The van der Waals surface area contributed by atoms with Crippen LogP contribution in [0.4, 0.5) is 8.78 Å². The highest BCUT2D eigenvalue weighted by atomic mass is 19.1. The molecular weight excluding hydrogens is 354 g/mol. The van der Waals surface area contributed by atoms with Crippen LogP contribution in [0.2, 0.25) is 0 Å². The summed E-state index contributed by atoms with van der Waals surface area (Å²) >= 11 is 0. The van der Waals surface area contributed by atoms with Crippen LogP contribution >= 0.6 is 0 Å². The van der Waals surface area contributed by atoms with Crippen LogP contribution in [0.5, 0.6) is 0 Å². The van der Waals surface area contributed by atoms with Crippen molar-refractivity contribution < 1.29 is 18.4 Å². The van der Waals surface area contributed by atoms with Crippen molar-refractivity contribution in [1.29, 1.82) is 0 Å². The molecule has 0 spiro atoms. The van der Waals surface area contributed by atoms with Crippen LogP contribution < -0.4 is 0 Å². The van der Waals surface area contributed by atoms with Crippen LogP contribution in [-0.4, -0.2) is 65.6 Å². The van der Waals surface area contributed by atoms with Crippen LogP contribution in [-0.2, 0) is 16.0 Å². The molecule has 0 aromatic heterocycles. The Kier molecular flexibility index (Phi) is 4.49. The van der Waals surface area contributed by atoms with Crippen molar-refractivity contribution in [1.82, 2.24) is 9.80 Å². The van der Waals surface area contributed by atoms with E-state index in [0.717, 1.165) is 5.56 Å². The molecule has 0 N–H and O–H groups in total. The molecule has 3 atom stereocenters. The van der Waals surface area contributed by atoms with E-state index in [1.54, 1.807) is 12.1 Å². The molecule has 27 heavy (non-hydrogen) atoms. The molecule has 0 bridgehead atoms. The molecule has 3 aliphatic heterocycles. The Labute approximate surface area is 155 Å². The molecule has 2 saturated heterocycles. The molecule has 3 unspecified atom stereocenters. The minimum Gasteiger partial charge on any atom is -0.342 e. The van der Waals surface area contributed by atoms with Gasteiger partial charge in [-0.2, -0.15) is 4.99 Å². The minimum absolute atomic E-state index is 0.0295. The van der Waals surface area contributed by atoms with Crippen molar-refractivity contribution in [3.05, 3.63) is 35.6 Å². The summed E-state index contributed by atoms with van der Waals surface area (Å²) in [7, 11) is 0. The second kappa shape index (κ2) is 6.83. The molecule has 6 nitrogen and oxygen atoms in total. The number of carbonyl (C=O) groups excluding carboxylic acids is 2. The number of hydrogen-bond donors (Lipinski definition) is 0. The highest BCUT2D eigenvalue weighted by Crippen LogP contribution is 2.32. The van der Waals surface area contributed by atoms with Gasteiger partial charge in [0, 0.05) is 38.0 Å². The SMILES string of the molecule is CC1=NC(N2CC3CN(C(=O)Cc4ccc(F)cc4)CC3C2)=NC(=O)C1F. The largest absolute Gasteiger partial charge is 0.342 e. The molecule has 142 valence electrons. The Morgan fingerprint density at radius 2 is 1.74 bits per heavy atom. The average molecular weight is 374 g/mol. The first-order chi connectivity index (χ1) is 12.9. The number of likely N-dealkylation sites (tertiary alicyclic amines) is 2. The Morgan fingerprint density at radius 3 is 2.33 bits per heavy atom. The summed E-state index contributed by atoms with van der Waals surface area (Å²) in [5.41, 5.74) is 0.930. The number of alkyl halides is 1. The zero-order valence-electron chi connectivity index (χ0n) is 14.9. The van der Waals surface area contributed by atoms with Gasteiger partial charge in [-0.1, -0.05) is 12.1 Å². The van der Waals surface area contributed by atoms with Gasteiger partial charge in [-0.25, -0.2) is 13.8 Å². The van der Waals surface area contributed by atoms with Gasteiger partial charge in [0.25, 0.3) is 5.91 Å². The van der Waals surface area contributed by atoms with E-state index in [2.05, 4.69) is 9.98 Å². The summed E-state index contributed by atoms with van der Waals surface area (Å²) in [5, 5.41) is 0. The molecule has 1 aromatic carbocycles. The molecule has 4 rings (SSSR count). The predicted octanol–water partition coefficient (Wildman–Crippen LogP) is 1.45. The molecule has 2 fully saturated rings. The van der Waals surface area contributed by atoms with Crippen molar-refractivity contribution in [2.75, 3.05) is 26.2 Å². The van der Waals surface area contributed by atoms with E-state index < -0.39 is 12.1 Å². The number of carbonyl (C=O) groups is 2. The van der Waals surface area contributed by atoms with Gasteiger partial charge in [-0.3, -0.25) is 9.59 Å². The topological polar surface area (TPSA) is 65.3 Å². The summed E-state index contributed by atoms with van der Waals surface area (Å²) in [4.78, 5) is 35.8. The van der Waals surface area contributed by atoms with Gasteiger partial charge in [-0.05, 0) is 24.6 Å². The van der Waals surface area contributed by atoms with Gasteiger partial charge < -0.3 is 9.80 Å². The third kappa shape index (κ3) is 3.48. The summed E-state index contributed by atoms with van der Waals surface area (Å²) in [6.07, 6.45) is -1.48. The number of nitrogens with zero attached hydrogens (tertiary/aromatic N) is 4. The Bertz CT molecular complexity index is 823. The van der Waals surface area contributed by atoms with E-state index in [4.69, 9.17) is 0 Å². The van der Waals surface area contributed by atoms with E-state index in [0.29, 0.717) is 26.2 Å². The zero-order valence-corrected chi connectivity index (χ0v) is 14.9. The Hall–Kier alpha value is -2.64. The molecule has 0 aliphatic carbocycles. The fraction of sp³-hybridized carbons (Fsp3) is 0.474. The quantitative estimate of drug-likeness (QED) is 0.787. The fourth-order valence-corrected chi connectivity index (χ4v) is 3.96. The zero-order chi connectivity index (χ0) is 19.1. The molecule has 0 saturated carbocycles. The number of halogens is 2. The standard InChI is InChI=1S/C19H20F2N4O2/c1-11-17(21)18(27)23-19(22-11)25-9-13-7-24(8-14(13)10-25)16(26)6-12-2-4-15(20)5-3-12/h2-5,13-14,17H,6-10H2,1H3. The molecule has 3 heterocycles. The molecule has 3 aliphatic rings. The van der Waals surface area contributed by atoms with E-state index >= 15 is 0 Å². The van der Waals surface area contributed by atoms with Gasteiger partial charge in [0.05, 0.1) is 12.1 Å². The number of benzene rings is 1. The molecular formula is C19H20F2N4O2. The highest BCUT2D eigenvalue weighted by molar-refractivity contribution is 6.16. The minimum atomic E-state index is -1.74. The van der Waals surface area contributed by atoms with Crippen LogP contribution in [0.25, 0.3) is 0 Å². The van der Waals surface area contributed by atoms with E-state index in [-0.39, 0.29) is 41.7 Å². The van der Waals surface area contributed by atoms with E-state index in [9.17, 15) is 18.4 Å². The monoisotopic (exact) mass is 374 g/mol. The third-order valence-corrected chi connectivity index (χ3v) is 5.46. The number of amides is 2. The lowest BCUT2D eigenvalue weighted by atomic mass is 10.0. The first-order valence-electron chi connectivity index (χ1n) is 8.99. The van der Waals surface area contributed by atoms with Crippen LogP contribution in [0.3, 0.4) is 0 Å². The molecule has 1 aromatic rings. The predicted molar refractivity (Wildman–Crippen MR) is 95.7 cm³/mol. The van der Waals surface area contributed by atoms with Gasteiger partial charge in [-0.15, -0.1) is 0 Å². The summed E-state index contributed by atoms with van der Waals surface area (Å²) in [5.74, 6) is -0.252. The van der Waals surface area contributed by atoms with Crippen LogP contribution in [0.15, 0.2) is 34.3 Å². The molecule has 0 radical (unpaired) electrons. The first-order valence-corrected chi connectivity index (χ1v) is 8.99. The van der Waals surface area contributed by atoms with Crippen molar-refractivity contribution in [3.8, 4) is 0 Å². The van der Waals surface area contributed by atoms with E-state index in [1.165, 1.54) is 19.1 Å². The van der Waals surface area contributed by atoms with Gasteiger partial charge >= 0.3 is 0 Å². The number of aliphatic imine (C=N–C) groups is 2. The Morgan fingerprint density at radius 1 is 1.11 bits per heavy atom. The lowest BCUT2D eigenvalue weighted by Gasteiger charge is -2.24. The highest BCUT2D eigenvalue weighted by Gasteiger charge is 2.43. The summed E-state index contributed by atoms with van der Waals surface area (Å²) < 4.78 is 26.5. The Balaban J connectivity index is 1.36. The van der Waals surface area contributed by atoms with Gasteiger partial charge in [0.1, 0.15) is 5.82 Å². The summed E-state index contributed by atoms with van der Waals surface area (Å²) in [6.45, 7) is 4.05. The first kappa shape index (κ1) is 17.8. The maximum Gasteiger partial charge on any atom is 0.289 e. The third-order valence-electron chi connectivity index (χ3n) is 5.46. The van der Waals surface area contributed by atoms with Crippen LogP contribution in [0.1, 0.15) is 12.5 Å². The fourth-order valence-electron chi connectivity index (χ4n) is 3.96. The molecule has 2 amide bonds. The second-order valence-corrected chi connectivity index (χ2v) is 7.39. The lowest BCUT2D eigenvalue weighted by Crippen LogP contribution is -2.39. The number of fused-ring (bicyclic) bond motifs is 1. The van der Waals surface area contributed by atoms with Gasteiger partial charge in [0.15, 0.2) is 0 Å². The molecule has 8 heteroatoms. The van der Waals surface area contributed by atoms with Crippen LogP contribution in [0, 0.1) is 17.7 Å². The maximum atomic E-state index is 13.5. The number of hydrogen-bond acceptors (Lipinski definition) is 4. The average Bonchev–Trinajstić information content (AvgIpc) is 3.20. The second-order valence-electron chi connectivity index (χ2n) is 7.39. The maximum absolute atomic E-state index is 13.5.